The Morgan fingerprint density at radius 3 is 3.07 bits per heavy atom. The Kier molecular flexibility index (Phi) is 2.20. The predicted octanol–water partition coefficient (Wildman–Crippen LogP) is 2.11. The van der Waals surface area contributed by atoms with Crippen LogP contribution in [0.4, 0.5) is 0 Å². The number of rotatable bonds is 0. The Hall–Kier alpha value is -0.740. The van der Waals surface area contributed by atoms with Gasteiger partial charge >= 0.3 is 0 Å². The van der Waals surface area contributed by atoms with Crippen LogP contribution < -0.4 is 5.73 Å². The van der Waals surface area contributed by atoms with Crippen molar-refractivity contribution in [1.82, 2.24) is 9.97 Å². The molecule has 14 heavy (non-hydrogen) atoms. The van der Waals surface area contributed by atoms with Crippen LogP contribution in [0.3, 0.4) is 0 Å². The van der Waals surface area contributed by atoms with Gasteiger partial charge in [-0.15, -0.1) is 0 Å². The molecule has 0 spiro atoms. The summed E-state index contributed by atoms with van der Waals surface area (Å²) >= 11 is 5.00. The number of fused-ring (bicyclic) bond motifs is 1. The number of aromatic amines is 1. The van der Waals surface area contributed by atoms with Crippen molar-refractivity contribution in [3.63, 3.8) is 0 Å². The highest BCUT2D eigenvalue weighted by molar-refractivity contribution is 7.71. The van der Waals surface area contributed by atoms with E-state index >= 15 is 0 Å². The molecule has 0 aliphatic heterocycles. The van der Waals surface area contributed by atoms with Crippen LogP contribution in [0.2, 0.25) is 0 Å². The van der Waals surface area contributed by atoms with Gasteiger partial charge in [-0.25, -0.2) is 4.98 Å². The Labute approximate surface area is 88.8 Å². The van der Waals surface area contributed by atoms with Crippen LogP contribution in [0, 0.1) is 10.2 Å². The minimum Gasteiger partial charge on any atom is -0.334 e. The minimum atomic E-state index is 0.0908. The fraction of sp³-hybridized carbons (Fsp3) is 0.600. The van der Waals surface area contributed by atoms with Crippen LogP contribution in [0.5, 0.6) is 0 Å². The van der Waals surface area contributed by atoms with Crippen molar-refractivity contribution >= 4 is 12.2 Å². The third kappa shape index (κ3) is 1.72. The number of nitrogens with zero attached hydrogens (tertiary/aromatic N) is 1. The molecule has 4 heteroatoms. The first-order chi connectivity index (χ1) is 6.48. The molecule has 1 aromatic rings. The second-order valence-electron chi connectivity index (χ2n) is 4.77. The molecule has 76 valence electrons. The number of aromatic nitrogens is 2. The van der Waals surface area contributed by atoms with Crippen LogP contribution in [-0.2, 0) is 6.42 Å². The highest BCUT2D eigenvalue weighted by Crippen LogP contribution is 2.37. The lowest BCUT2D eigenvalue weighted by Crippen LogP contribution is -2.30. The summed E-state index contributed by atoms with van der Waals surface area (Å²) in [5.41, 5.74) is 8.62. The normalized spacial score (nSPS) is 24.4. The van der Waals surface area contributed by atoms with E-state index < -0.39 is 0 Å². The van der Waals surface area contributed by atoms with Crippen LogP contribution in [0.15, 0.2) is 6.20 Å². The molecule has 0 saturated carbocycles. The Bertz CT molecular complexity index is 408. The molecule has 1 unspecified atom stereocenters. The van der Waals surface area contributed by atoms with Crippen molar-refractivity contribution in [2.75, 3.05) is 0 Å². The van der Waals surface area contributed by atoms with E-state index in [1.807, 2.05) is 6.20 Å². The summed E-state index contributed by atoms with van der Waals surface area (Å²) in [5.74, 6) is 0. The topological polar surface area (TPSA) is 54.7 Å². The van der Waals surface area contributed by atoms with E-state index in [-0.39, 0.29) is 11.5 Å². The molecule has 1 atom stereocenters. The van der Waals surface area contributed by atoms with Crippen LogP contribution in [0.1, 0.15) is 37.6 Å². The number of hydrogen-bond donors (Lipinski definition) is 2. The maximum absolute atomic E-state index is 6.08. The number of nitrogens with two attached hydrogens (primary N) is 1. The van der Waals surface area contributed by atoms with Crippen LogP contribution in [-0.4, -0.2) is 9.97 Å². The predicted molar refractivity (Wildman–Crippen MR) is 58.5 cm³/mol. The number of H-pyrrole nitrogens is 1. The molecule has 2 rings (SSSR count). The summed E-state index contributed by atoms with van der Waals surface area (Å²) < 4.78 is 0.550. The average Bonchev–Trinajstić information content (AvgIpc) is 2.00. The molecule has 0 radical (unpaired) electrons. The summed E-state index contributed by atoms with van der Waals surface area (Å²) in [6, 6.07) is 0.0908. The van der Waals surface area contributed by atoms with Gasteiger partial charge in [-0.3, -0.25) is 0 Å². The second-order valence-corrected chi connectivity index (χ2v) is 5.16. The van der Waals surface area contributed by atoms with E-state index in [2.05, 4.69) is 23.8 Å². The van der Waals surface area contributed by atoms with Crippen LogP contribution in [0.25, 0.3) is 0 Å². The molecule has 0 saturated heterocycles. The Morgan fingerprint density at radius 1 is 1.64 bits per heavy atom. The van der Waals surface area contributed by atoms with Crippen molar-refractivity contribution in [1.29, 1.82) is 0 Å². The molecule has 1 aromatic heterocycles. The summed E-state index contributed by atoms with van der Waals surface area (Å²) in [5, 5.41) is 0. The van der Waals surface area contributed by atoms with E-state index in [4.69, 9.17) is 18.0 Å². The first kappa shape index (κ1) is 9.80. The van der Waals surface area contributed by atoms with Gasteiger partial charge in [0, 0.05) is 23.5 Å². The maximum atomic E-state index is 6.08. The van der Waals surface area contributed by atoms with Crippen molar-refractivity contribution in [3.05, 3.63) is 22.2 Å². The van der Waals surface area contributed by atoms with Crippen molar-refractivity contribution in [3.8, 4) is 0 Å². The lowest BCUT2D eigenvalue weighted by molar-refractivity contribution is 0.278. The largest absolute Gasteiger partial charge is 0.334 e. The van der Waals surface area contributed by atoms with Gasteiger partial charge in [0.2, 0.25) is 0 Å². The van der Waals surface area contributed by atoms with E-state index in [1.54, 1.807) is 0 Å². The Balaban J connectivity index is 2.51. The van der Waals surface area contributed by atoms with E-state index in [9.17, 15) is 0 Å². The molecule has 0 fully saturated rings. The third-order valence-electron chi connectivity index (χ3n) is 2.75. The van der Waals surface area contributed by atoms with Gasteiger partial charge in [0.05, 0.1) is 0 Å². The summed E-state index contributed by atoms with van der Waals surface area (Å²) in [6.07, 6.45) is 3.82. The van der Waals surface area contributed by atoms with Crippen LogP contribution >= 0.6 is 12.2 Å². The van der Waals surface area contributed by atoms with Gasteiger partial charge in [-0.05, 0) is 30.5 Å². The van der Waals surface area contributed by atoms with Crippen molar-refractivity contribution in [2.45, 2.75) is 32.7 Å². The molecular formula is C10H15N3S. The quantitative estimate of drug-likeness (QED) is 0.643. The number of nitrogens with one attached hydrogen (secondary N) is 1. The van der Waals surface area contributed by atoms with Gasteiger partial charge in [0.15, 0.2) is 4.77 Å². The zero-order chi connectivity index (χ0) is 10.3. The van der Waals surface area contributed by atoms with Gasteiger partial charge < -0.3 is 10.7 Å². The molecule has 3 nitrogen and oxygen atoms in total. The fourth-order valence-electron chi connectivity index (χ4n) is 2.16. The maximum Gasteiger partial charge on any atom is 0.196 e. The molecule has 0 aromatic carbocycles. The fourth-order valence-corrected chi connectivity index (χ4v) is 2.34. The third-order valence-corrected chi connectivity index (χ3v) is 2.96. The number of hydrogen-bond acceptors (Lipinski definition) is 3. The molecule has 1 heterocycles. The molecule has 3 N–H and O–H groups in total. The SMILES string of the molecule is CC1(C)Cc2[nH]c(=S)ncc2C(N)C1. The first-order valence-corrected chi connectivity index (χ1v) is 5.22. The Morgan fingerprint density at radius 2 is 2.36 bits per heavy atom. The average molecular weight is 209 g/mol. The van der Waals surface area contributed by atoms with Crippen molar-refractivity contribution < 1.29 is 0 Å². The smallest absolute Gasteiger partial charge is 0.196 e. The zero-order valence-corrected chi connectivity index (χ0v) is 9.32. The van der Waals surface area contributed by atoms with Crippen molar-refractivity contribution in [2.24, 2.45) is 11.1 Å². The minimum absolute atomic E-state index is 0.0908. The molecular weight excluding hydrogens is 194 g/mol. The molecule has 1 aliphatic carbocycles. The monoisotopic (exact) mass is 209 g/mol. The zero-order valence-electron chi connectivity index (χ0n) is 8.50. The van der Waals surface area contributed by atoms with Gasteiger partial charge in [0.1, 0.15) is 0 Å². The van der Waals surface area contributed by atoms with E-state index in [1.165, 1.54) is 0 Å². The standard InChI is InChI=1S/C10H15N3S/c1-10(2)3-7(11)6-5-12-9(14)13-8(6)4-10/h5,7H,3-4,11H2,1-2H3,(H,12,13,14). The van der Waals surface area contributed by atoms with Gasteiger partial charge in [-0.1, -0.05) is 13.8 Å². The van der Waals surface area contributed by atoms with Gasteiger partial charge in [0.25, 0.3) is 0 Å². The lowest BCUT2D eigenvalue weighted by atomic mass is 9.74. The molecule has 0 bridgehead atoms. The summed E-state index contributed by atoms with van der Waals surface area (Å²) in [4.78, 5) is 7.21. The lowest BCUT2D eigenvalue weighted by Gasteiger charge is -2.34. The summed E-state index contributed by atoms with van der Waals surface area (Å²) in [7, 11) is 0. The first-order valence-electron chi connectivity index (χ1n) is 4.82. The summed E-state index contributed by atoms with van der Waals surface area (Å²) in [6.45, 7) is 4.46. The molecule has 0 amide bonds. The highest BCUT2D eigenvalue weighted by Gasteiger charge is 2.30. The van der Waals surface area contributed by atoms with Gasteiger partial charge in [-0.2, -0.15) is 0 Å². The highest BCUT2D eigenvalue weighted by atomic mass is 32.1. The second kappa shape index (κ2) is 3.14. The molecule has 1 aliphatic rings. The van der Waals surface area contributed by atoms with E-state index in [0.717, 1.165) is 24.1 Å². The van der Waals surface area contributed by atoms with E-state index in [0.29, 0.717) is 4.77 Å².